The first-order chi connectivity index (χ1) is 8.96. The summed E-state index contributed by atoms with van der Waals surface area (Å²) in [5.41, 5.74) is 1.38. The molecule has 0 saturated carbocycles. The largest absolute Gasteiger partial charge is 0.522 e. The zero-order chi connectivity index (χ0) is 13.9. The maximum atomic E-state index is 11.8. The molecular formula is C12H10BrF3N2O. The third kappa shape index (κ3) is 4.07. The summed E-state index contributed by atoms with van der Waals surface area (Å²) in [5, 5.41) is 3.78. The zero-order valence-electron chi connectivity index (χ0n) is 9.67. The van der Waals surface area contributed by atoms with Crippen molar-refractivity contribution in [2.24, 2.45) is 0 Å². The van der Waals surface area contributed by atoms with Crippen molar-refractivity contribution in [2.75, 3.05) is 18.5 Å². The molecule has 102 valence electrons. The summed E-state index contributed by atoms with van der Waals surface area (Å²) in [5.74, 6) is 0. The van der Waals surface area contributed by atoms with Crippen LogP contribution in [-0.2, 0) is 4.74 Å². The van der Waals surface area contributed by atoms with E-state index in [1.807, 2.05) is 18.2 Å². The molecule has 1 N–H and O–H groups in total. The van der Waals surface area contributed by atoms with Crippen LogP contribution < -0.4 is 5.32 Å². The Balaban J connectivity index is 2.05. The molecule has 0 radical (unpaired) electrons. The van der Waals surface area contributed by atoms with Crippen molar-refractivity contribution in [2.45, 2.75) is 6.36 Å². The van der Waals surface area contributed by atoms with Gasteiger partial charge in [-0.15, -0.1) is 13.2 Å². The molecule has 0 saturated heterocycles. The first-order valence-electron chi connectivity index (χ1n) is 5.44. The monoisotopic (exact) mass is 334 g/mol. The molecular weight excluding hydrogens is 325 g/mol. The molecule has 3 nitrogen and oxygen atoms in total. The third-order valence-corrected chi connectivity index (χ3v) is 2.79. The summed E-state index contributed by atoms with van der Waals surface area (Å²) in [6.07, 6.45) is -2.96. The molecule has 2 aromatic rings. The molecule has 0 bridgehead atoms. The molecule has 19 heavy (non-hydrogen) atoms. The van der Waals surface area contributed by atoms with Crippen LogP contribution >= 0.6 is 15.9 Å². The van der Waals surface area contributed by atoms with Gasteiger partial charge in [0.1, 0.15) is 0 Å². The van der Waals surface area contributed by atoms with Crippen molar-refractivity contribution < 1.29 is 17.9 Å². The topological polar surface area (TPSA) is 34.1 Å². The van der Waals surface area contributed by atoms with Gasteiger partial charge in [-0.05, 0) is 28.1 Å². The zero-order valence-corrected chi connectivity index (χ0v) is 11.3. The van der Waals surface area contributed by atoms with Gasteiger partial charge in [-0.2, -0.15) is 0 Å². The number of pyridine rings is 1. The smallest absolute Gasteiger partial charge is 0.381 e. The van der Waals surface area contributed by atoms with Crippen LogP contribution in [0.1, 0.15) is 0 Å². The van der Waals surface area contributed by atoms with Crippen molar-refractivity contribution in [3.05, 3.63) is 34.9 Å². The van der Waals surface area contributed by atoms with Crippen molar-refractivity contribution >= 4 is 32.5 Å². The van der Waals surface area contributed by atoms with Gasteiger partial charge in [0.25, 0.3) is 0 Å². The molecule has 7 heteroatoms. The van der Waals surface area contributed by atoms with Crippen LogP contribution in [0.2, 0.25) is 0 Å². The SMILES string of the molecule is FC(F)(F)OCCNc1cccc2cc(Br)cnc12. The summed E-state index contributed by atoms with van der Waals surface area (Å²) < 4.78 is 40.0. The van der Waals surface area contributed by atoms with Crippen molar-refractivity contribution in [1.82, 2.24) is 4.98 Å². The van der Waals surface area contributed by atoms with E-state index in [0.29, 0.717) is 11.2 Å². The number of nitrogens with one attached hydrogen (secondary N) is 1. The van der Waals surface area contributed by atoms with Crippen LogP contribution in [0.4, 0.5) is 18.9 Å². The van der Waals surface area contributed by atoms with E-state index in [-0.39, 0.29) is 6.54 Å². The average molecular weight is 335 g/mol. The lowest BCUT2D eigenvalue weighted by Crippen LogP contribution is -2.19. The first-order valence-corrected chi connectivity index (χ1v) is 6.24. The Labute approximate surface area is 115 Å². The minimum atomic E-state index is -4.59. The molecule has 0 aliphatic rings. The summed E-state index contributed by atoms with van der Waals surface area (Å²) in [6.45, 7) is -0.396. The molecule has 0 unspecified atom stereocenters. The Kier molecular flexibility index (Phi) is 4.26. The van der Waals surface area contributed by atoms with Crippen molar-refractivity contribution in [3.63, 3.8) is 0 Å². The second-order valence-corrected chi connectivity index (χ2v) is 4.67. The highest BCUT2D eigenvalue weighted by Gasteiger charge is 2.28. The fraction of sp³-hybridized carbons (Fsp3) is 0.250. The highest BCUT2D eigenvalue weighted by Crippen LogP contribution is 2.23. The van der Waals surface area contributed by atoms with Gasteiger partial charge < -0.3 is 5.32 Å². The molecule has 0 spiro atoms. The van der Waals surface area contributed by atoms with Gasteiger partial charge >= 0.3 is 6.36 Å². The Bertz CT molecular complexity index is 574. The maximum absolute atomic E-state index is 11.8. The number of alkyl halides is 3. The molecule has 2 rings (SSSR count). The van der Waals surface area contributed by atoms with Gasteiger partial charge in [-0.25, -0.2) is 0 Å². The van der Waals surface area contributed by atoms with E-state index in [1.54, 1.807) is 12.3 Å². The molecule has 0 aliphatic carbocycles. The maximum Gasteiger partial charge on any atom is 0.522 e. The average Bonchev–Trinajstić information content (AvgIpc) is 2.33. The van der Waals surface area contributed by atoms with Gasteiger partial charge in [0.15, 0.2) is 0 Å². The number of ether oxygens (including phenoxy) is 1. The number of para-hydroxylation sites is 1. The van der Waals surface area contributed by atoms with E-state index >= 15 is 0 Å². The number of rotatable bonds is 4. The van der Waals surface area contributed by atoms with Gasteiger partial charge in [-0.3, -0.25) is 9.72 Å². The van der Waals surface area contributed by atoms with Gasteiger partial charge in [-0.1, -0.05) is 12.1 Å². The standard InChI is InChI=1S/C12H10BrF3N2O/c13-9-6-8-2-1-3-10(11(8)18-7-9)17-4-5-19-12(14,15)16/h1-3,6-7,17H,4-5H2. The minimum Gasteiger partial charge on any atom is -0.381 e. The van der Waals surface area contributed by atoms with Crippen molar-refractivity contribution in [1.29, 1.82) is 0 Å². The Morgan fingerprint density at radius 3 is 2.84 bits per heavy atom. The van der Waals surface area contributed by atoms with E-state index in [9.17, 15) is 13.2 Å². The van der Waals surface area contributed by atoms with Crippen LogP contribution in [0.5, 0.6) is 0 Å². The van der Waals surface area contributed by atoms with Gasteiger partial charge in [0.2, 0.25) is 0 Å². The number of nitrogens with zero attached hydrogens (tertiary/aromatic N) is 1. The van der Waals surface area contributed by atoms with E-state index in [4.69, 9.17) is 0 Å². The van der Waals surface area contributed by atoms with E-state index in [1.165, 1.54) is 0 Å². The Morgan fingerprint density at radius 1 is 1.32 bits per heavy atom. The normalized spacial score (nSPS) is 11.8. The van der Waals surface area contributed by atoms with E-state index in [0.717, 1.165) is 9.86 Å². The first kappa shape index (κ1) is 14.1. The number of hydrogen-bond acceptors (Lipinski definition) is 3. The van der Waals surface area contributed by atoms with E-state index < -0.39 is 13.0 Å². The van der Waals surface area contributed by atoms with Crippen LogP contribution in [0.3, 0.4) is 0 Å². The summed E-state index contributed by atoms with van der Waals surface area (Å²) >= 11 is 3.31. The number of halogens is 4. The minimum absolute atomic E-state index is 0.0520. The molecule has 1 heterocycles. The van der Waals surface area contributed by atoms with Crippen molar-refractivity contribution in [3.8, 4) is 0 Å². The lowest BCUT2D eigenvalue weighted by Gasteiger charge is -2.10. The van der Waals surface area contributed by atoms with Crippen LogP contribution in [0, 0.1) is 0 Å². The Hall–Kier alpha value is -1.34. The number of hydrogen-bond donors (Lipinski definition) is 1. The molecule has 0 amide bonds. The lowest BCUT2D eigenvalue weighted by atomic mass is 10.2. The predicted octanol–water partition coefficient (Wildman–Crippen LogP) is 3.95. The molecule has 0 atom stereocenters. The fourth-order valence-corrected chi connectivity index (χ4v) is 1.98. The third-order valence-electron chi connectivity index (χ3n) is 2.36. The molecule has 1 aromatic heterocycles. The van der Waals surface area contributed by atoms with Crippen LogP contribution in [0.25, 0.3) is 10.9 Å². The highest BCUT2D eigenvalue weighted by atomic mass is 79.9. The highest BCUT2D eigenvalue weighted by molar-refractivity contribution is 9.10. The van der Waals surface area contributed by atoms with Gasteiger partial charge in [0, 0.05) is 22.6 Å². The van der Waals surface area contributed by atoms with E-state index in [2.05, 4.69) is 31.0 Å². The second-order valence-electron chi connectivity index (χ2n) is 3.75. The molecule has 1 aromatic carbocycles. The molecule has 0 aliphatic heterocycles. The Morgan fingerprint density at radius 2 is 2.11 bits per heavy atom. The molecule has 0 fully saturated rings. The summed E-state index contributed by atoms with van der Waals surface area (Å²) in [4.78, 5) is 4.24. The number of aromatic nitrogens is 1. The second kappa shape index (κ2) is 5.75. The summed E-state index contributed by atoms with van der Waals surface area (Å²) in [6, 6.07) is 7.34. The van der Waals surface area contributed by atoms with Gasteiger partial charge in [0.05, 0.1) is 17.8 Å². The summed E-state index contributed by atoms with van der Waals surface area (Å²) in [7, 11) is 0. The lowest BCUT2D eigenvalue weighted by molar-refractivity contribution is -0.322. The number of benzene rings is 1. The quantitative estimate of drug-likeness (QED) is 0.860. The van der Waals surface area contributed by atoms with Crippen LogP contribution in [0.15, 0.2) is 34.9 Å². The van der Waals surface area contributed by atoms with Crippen LogP contribution in [-0.4, -0.2) is 24.5 Å². The predicted molar refractivity (Wildman–Crippen MR) is 69.9 cm³/mol. The fourth-order valence-electron chi connectivity index (χ4n) is 1.63. The number of fused-ring (bicyclic) bond motifs is 1. The number of anilines is 1.